The average Bonchev–Trinajstić information content (AvgIpc) is 3.03. The minimum Gasteiger partial charge on any atom is -0.381 e. The second-order valence-corrected chi connectivity index (χ2v) is 9.42. The maximum Gasteiger partial charge on any atom is 0.0466 e. The van der Waals surface area contributed by atoms with E-state index < -0.39 is 0 Å². The first-order valence-electron chi connectivity index (χ1n) is 14.4. The van der Waals surface area contributed by atoms with E-state index in [9.17, 15) is 0 Å². The van der Waals surface area contributed by atoms with Crippen LogP contribution in [0.3, 0.4) is 0 Å². The summed E-state index contributed by atoms with van der Waals surface area (Å²) in [7, 11) is 0. The van der Waals surface area contributed by atoms with Gasteiger partial charge in [-0.05, 0) is 88.2 Å². The van der Waals surface area contributed by atoms with Gasteiger partial charge in [0.2, 0.25) is 0 Å². The molecule has 0 bridgehead atoms. The molecular formula is C32H50LiO4. The number of benzene rings is 2. The number of hydrogen-bond donors (Lipinski definition) is 0. The van der Waals surface area contributed by atoms with Crippen molar-refractivity contribution < 1.29 is 18.9 Å². The van der Waals surface area contributed by atoms with Gasteiger partial charge in [0.1, 0.15) is 0 Å². The molecule has 4 saturated heterocycles. The molecule has 4 aliphatic heterocycles. The summed E-state index contributed by atoms with van der Waals surface area (Å²) in [4.78, 5) is 0. The molecule has 4 heterocycles. The van der Waals surface area contributed by atoms with Crippen molar-refractivity contribution in [1.82, 2.24) is 0 Å². The van der Waals surface area contributed by atoms with Crippen LogP contribution < -0.4 is 0 Å². The fourth-order valence-corrected chi connectivity index (χ4v) is 4.01. The normalized spacial score (nSPS) is 18.7. The van der Waals surface area contributed by atoms with Crippen LogP contribution in [0.1, 0.15) is 77.0 Å². The molecular weight excluding hydrogens is 455 g/mol. The molecule has 6 rings (SSSR count). The van der Waals surface area contributed by atoms with Gasteiger partial charge in [-0.3, -0.25) is 0 Å². The average molecular weight is 506 g/mol. The van der Waals surface area contributed by atoms with Crippen LogP contribution in [0.15, 0.2) is 60.7 Å². The Labute approximate surface area is 239 Å². The van der Waals surface area contributed by atoms with Crippen LogP contribution >= 0.6 is 0 Å². The van der Waals surface area contributed by atoms with Gasteiger partial charge in [-0.25, -0.2) is 0 Å². The van der Waals surface area contributed by atoms with Gasteiger partial charge in [-0.15, -0.1) is 0 Å². The second kappa shape index (κ2) is 26.5. The second-order valence-electron chi connectivity index (χ2n) is 9.42. The van der Waals surface area contributed by atoms with Crippen LogP contribution in [0.25, 0.3) is 11.1 Å². The molecule has 37 heavy (non-hydrogen) atoms. The predicted octanol–water partition coefficient (Wildman–Crippen LogP) is 7.72. The van der Waals surface area contributed by atoms with Gasteiger partial charge in [0.25, 0.3) is 0 Å². The van der Waals surface area contributed by atoms with E-state index in [-0.39, 0.29) is 18.9 Å². The number of rotatable bonds is 1. The zero-order valence-electron chi connectivity index (χ0n) is 23.5. The quantitative estimate of drug-likeness (QED) is 0.372. The third-order valence-corrected chi connectivity index (χ3v) is 6.19. The Balaban J connectivity index is 0.000000239. The van der Waals surface area contributed by atoms with E-state index in [0.29, 0.717) is 0 Å². The molecule has 203 valence electrons. The largest absolute Gasteiger partial charge is 0.381 e. The van der Waals surface area contributed by atoms with Gasteiger partial charge in [0.05, 0.1) is 0 Å². The van der Waals surface area contributed by atoms with Gasteiger partial charge in [0.15, 0.2) is 0 Å². The van der Waals surface area contributed by atoms with Gasteiger partial charge in [-0.1, -0.05) is 60.7 Å². The topological polar surface area (TPSA) is 36.9 Å². The third-order valence-electron chi connectivity index (χ3n) is 6.19. The standard InChI is InChI=1S/C12H10.4C5H10O.Li/c1-3-7-11(8-4-1)12-9-5-2-6-10-12;4*1-2-4-6-5-3-1;/h1-10H;4*1-5H2;. The number of hydrogen-bond acceptors (Lipinski definition) is 4. The Bertz CT molecular complexity index is 551. The van der Waals surface area contributed by atoms with Crippen LogP contribution in [0.2, 0.25) is 0 Å². The molecule has 2 aromatic carbocycles. The Morgan fingerprint density at radius 2 is 0.514 bits per heavy atom. The van der Waals surface area contributed by atoms with Crippen LogP contribution in [0, 0.1) is 0 Å². The van der Waals surface area contributed by atoms with Crippen molar-refractivity contribution in [3.8, 4) is 11.1 Å². The van der Waals surface area contributed by atoms with Gasteiger partial charge >= 0.3 is 0 Å². The molecule has 0 N–H and O–H groups in total. The van der Waals surface area contributed by atoms with Crippen LogP contribution in [-0.4, -0.2) is 71.7 Å². The van der Waals surface area contributed by atoms with Gasteiger partial charge in [0, 0.05) is 71.7 Å². The summed E-state index contributed by atoms with van der Waals surface area (Å²) in [5, 5.41) is 0. The van der Waals surface area contributed by atoms with E-state index in [1.54, 1.807) is 0 Å². The van der Waals surface area contributed by atoms with E-state index in [1.165, 1.54) is 88.2 Å². The molecule has 4 nitrogen and oxygen atoms in total. The molecule has 0 atom stereocenters. The van der Waals surface area contributed by atoms with Crippen molar-refractivity contribution in [3.63, 3.8) is 0 Å². The van der Waals surface area contributed by atoms with Crippen LogP contribution in [0.4, 0.5) is 0 Å². The first kappa shape index (κ1) is 33.9. The summed E-state index contributed by atoms with van der Waals surface area (Å²) >= 11 is 0. The summed E-state index contributed by atoms with van der Waals surface area (Å²) in [5.74, 6) is 0. The molecule has 0 aliphatic carbocycles. The third kappa shape index (κ3) is 20.5. The monoisotopic (exact) mass is 505 g/mol. The SMILES string of the molecule is C1CCOCC1.C1CCOCC1.C1CCOCC1.C1CCOCC1.[Li].c1ccc(-c2ccccc2)cc1. The number of ether oxygens (including phenoxy) is 4. The summed E-state index contributed by atoms with van der Waals surface area (Å²) in [6, 6.07) is 20.8. The van der Waals surface area contributed by atoms with Crippen LogP contribution in [0.5, 0.6) is 0 Å². The fourth-order valence-electron chi connectivity index (χ4n) is 4.01. The molecule has 4 aliphatic rings. The molecule has 0 aromatic heterocycles. The van der Waals surface area contributed by atoms with Crippen molar-refractivity contribution in [2.24, 2.45) is 0 Å². The van der Waals surface area contributed by atoms with Crippen molar-refractivity contribution in [3.05, 3.63) is 60.7 Å². The first-order valence-corrected chi connectivity index (χ1v) is 14.4. The van der Waals surface area contributed by atoms with Crippen molar-refractivity contribution in [2.75, 3.05) is 52.9 Å². The maximum absolute atomic E-state index is 5.07. The Morgan fingerprint density at radius 3 is 0.649 bits per heavy atom. The summed E-state index contributed by atoms with van der Waals surface area (Å²) in [5.41, 5.74) is 2.55. The first-order chi connectivity index (χ1) is 18.0. The van der Waals surface area contributed by atoms with Gasteiger partial charge < -0.3 is 18.9 Å². The molecule has 5 heteroatoms. The summed E-state index contributed by atoms with van der Waals surface area (Å²) in [6.45, 7) is 8.00. The Morgan fingerprint density at radius 1 is 0.297 bits per heavy atom. The van der Waals surface area contributed by atoms with Crippen molar-refractivity contribution in [2.45, 2.75) is 77.0 Å². The Kier molecular flexibility index (Phi) is 24.3. The minimum absolute atomic E-state index is 0. The summed E-state index contributed by atoms with van der Waals surface area (Å²) < 4.78 is 20.3. The smallest absolute Gasteiger partial charge is 0.0466 e. The van der Waals surface area contributed by atoms with Crippen molar-refractivity contribution in [1.29, 1.82) is 0 Å². The molecule has 1 radical (unpaired) electrons. The fraction of sp³-hybridized carbons (Fsp3) is 0.625. The molecule has 0 saturated carbocycles. The van der Waals surface area contributed by atoms with Crippen LogP contribution in [-0.2, 0) is 18.9 Å². The molecule has 4 fully saturated rings. The molecule has 0 spiro atoms. The van der Waals surface area contributed by atoms with E-state index in [0.717, 1.165) is 52.9 Å². The molecule has 0 unspecified atom stereocenters. The zero-order valence-corrected chi connectivity index (χ0v) is 23.5. The molecule has 2 aromatic rings. The van der Waals surface area contributed by atoms with E-state index >= 15 is 0 Å². The molecule has 0 amide bonds. The maximum atomic E-state index is 5.07. The summed E-state index contributed by atoms with van der Waals surface area (Å²) in [6.07, 6.45) is 15.7. The van der Waals surface area contributed by atoms with E-state index in [1.807, 2.05) is 12.1 Å². The predicted molar refractivity (Wildman–Crippen MR) is 156 cm³/mol. The van der Waals surface area contributed by atoms with E-state index in [4.69, 9.17) is 18.9 Å². The Hall–Kier alpha value is -1.12. The minimum atomic E-state index is 0. The van der Waals surface area contributed by atoms with E-state index in [2.05, 4.69) is 48.5 Å². The van der Waals surface area contributed by atoms with Crippen molar-refractivity contribution >= 4 is 18.9 Å². The van der Waals surface area contributed by atoms with Gasteiger partial charge in [-0.2, -0.15) is 0 Å². The zero-order chi connectivity index (χ0) is 25.2.